The number of hydrogen-bond donors (Lipinski definition) is 2. The smallest absolute Gasteiger partial charge is 0.188 e. The maximum absolute atomic E-state index is 5.82. The van der Waals surface area contributed by atoms with Crippen LogP contribution in [0.25, 0.3) is 0 Å². The minimum absolute atomic E-state index is 0.370. The van der Waals surface area contributed by atoms with Gasteiger partial charge in [0.15, 0.2) is 16.1 Å². The summed E-state index contributed by atoms with van der Waals surface area (Å²) in [6, 6.07) is 0. The molecule has 0 amide bonds. The molecule has 3 N–H and O–H groups in total. The number of hydrogen-bond acceptors (Lipinski definition) is 4. The first kappa shape index (κ1) is 12.1. The molecule has 82 valence electrons. The van der Waals surface area contributed by atoms with E-state index in [9.17, 15) is 0 Å². The quantitative estimate of drug-likeness (QED) is 0.441. The Bertz CT molecular complexity index is 393. The maximum atomic E-state index is 5.82. The largest absolute Gasteiger partial charge is 0.314 e. The third kappa shape index (κ3) is 2.74. The highest BCUT2D eigenvalue weighted by Gasteiger charge is 2.09. The summed E-state index contributed by atoms with van der Waals surface area (Å²) >= 11 is 10.8. The molecule has 0 aromatic carbocycles. The molecule has 0 bridgehead atoms. The minimum Gasteiger partial charge on any atom is -0.314 e. The fraction of sp³-hybridized carbons (Fsp3) is 0.375. The van der Waals surface area contributed by atoms with Crippen molar-refractivity contribution in [2.24, 2.45) is 5.84 Å². The maximum Gasteiger partial charge on any atom is 0.188 e. The number of nitrogens with one attached hydrogen (secondary N) is 1. The number of anilines is 1. The van der Waals surface area contributed by atoms with Gasteiger partial charge in [0.05, 0.1) is 0 Å². The van der Waals surface area contributed by atoms with Crippen molar-refractivity contribution in [2.75, 3.05) is 12.4 Å². The van der Waals surface area contributed by atoms with Gasteiger partial charge in [-0.15, -0.1) is 10.2 Å². The molecule has 7 heteroatoms. The van der Waals surface area contributed by atoms with Crippen molar-refractivity contribution >= 4 is 34.7 Å². The monoisotopic (exact) mass is 245 g/mol. The van der Waals surface area contributed by atoms with E-state index in [1.807, 2.05) is 13.8 Å². The van der Waals surface area contributed by atoms with Gasteiger partial charge in [0, 0.05) is 7.05 Å². The molecular weight excluding hydrogens is 234 g/mol. The molecule has 15 heavy (non-hydrogen) atoms. The van der Waals surface area contributed by atoms with Crippen LogP contribution in [0.5, 0.6) is 0 Å². The van der Waals surface area contributed by atoms with Gasteiger partial charge in [-0.1, -0.05) is 11.6 Å². The number of nitrogens with two attached hydrogens (primary N) is 1. The number of hydrazine groups is 1. The first-order valence-corrected chi connectivity index (χ1v) is 5.01. The van der Waals surface area contributed by atoms with E-state index in [4.69, 9.17) is 29.7 Å². The van der Waals surface area contributed by atoms with Gasteiger partial charge in [-0.25, -0.2) is 5.84 Å². The van der Waals surface area contributed by atoms with Crippen molar-refractivity contribution in [3.8, 4) is 0 Å². The number of rotatable bonds is 1. The number of thiocarbonyl (C=S) groups is 1. The van der Waals surface area contributed by atoms with E-state index in [1.54, 1.807) is 7.05 Å². The lowest BCUT2D eigenvalue weighted by Crippen LogP contribution is -2.37. The van der Waals surface area contributed by atoms with Gasteiger partial charge >= 0.3 is 0 Å². The van der Waals surface area contributed by atoms with E-state index >= 15 is 0 Å². The molecule has 1 rings (SSSR count). The molecule has 0 radical (unpaired) electrons. The molecule has 0 saturated carbocycles. The second-order valence-electron chi connectivity index (χ2n) is 3.13. The molecule has 0 aliphatic heterocycles. The van der Waals surface area contributed by atoms with Crippen LogP contribution in [0.4, 0.5) is 5.82 Å². The summed E-state index contributed by atoms with van der Waals surface area (Å²) in [6.45, 7) is 3.75. The Morgan fingerprint density at radius 1 is 1.40 bits per heavy atom. The van der Waals surface area contributed by atoms with Crippen LogP contribution in [0.1, 0.15) is 11.1 Å². The fourth-order valence-electron chi connectivity index (χ4n) is 0.884. The van der Waals surface area contributed by atoms with Gasteiger partial charge < -0.3 is 5.32 Å². The van der Waals surface area contributed by atoms with Crippen molar-refractivity contribution in [1.82, 2.24) is 15.2 Å². The van der Waals surface area contributed by atoms with Crippen LogP contribution in [-0.4, -0.2) is 27.4 Å². The lowest BCUT2D eigenvalue weighted by molar-refractivity contribution is 0.547. The molecule has 0 unspecified atom stereocenters. The van der Waals surface area contributed by atoms with E-state index in [1.165, 1.54) is 5.01 Å². The van der Waals surface area contributed by atoms with Crippen LogP contribution in [0.3, 0.4) is 0 Å². The Labute approximate surface area is 98.6 Å². The normalized spacial score (nSPS) is 9.93. The number of nitrogens with zero attached hydrogens (tertiary/aromatic N) is 3. The summed E-state index contributed by atoms with van der Waals surface area (Å²) in [4.78, 5) is 0. The molecule has 0 aliphatic rings. The average Bonchev–Trinajstić information content (AvgIpc) is 2.18. The summed E-state index contributed by atoms with van der Waals surface area (Å²) in [5.74, 6) is 6.03. The SMILES string of the molecule is Cc1c(Cl)nnc(NC(=S)N(C)N)c1C. The molecule has 0 aliphatic carbocycles. The van der Waals surface area contributed by atoms with Crippen LogP contribution in [-0.2, 0) is 0 Å². The molecule has 1 heterocycles. The van der Waals surface area contributed by atoms with E-state index in [0.29, 0.717) is 16.1 Å². The molecule has 0 spiro atoms. The topological polar surface area (TPSA) is 67.1 Å². The van der Waals surface area contributed by atoms with Crippen molar-refractivity contribution in [3.05, 3.63) is 16.3 Å². The summed E-state index contributed by atoms with van der Waals surface area (Å²) < 4.78 is 0. The predicted molar refractivity (Wildman–Crippen MR) is 64.7 cm³/mol. The summed E-state index contributed by atoms with van der Waals surface area (Å²) in [6.07, 6.45) is 0. The Hall–Kier alpha value is -0.980. The number of aromatic nitrogens is 2. The van der Waals surface area contributed by atoms with Crippen LogP contribution in [0.15, 0.2) is 0 Å². The second kappa shape index (κ2) is 4.69. The Balaban J connectivity index is 2.97. The third-order valence-electron chi connectivity index (χ3n) is 2.01. The van der Waals surface area contributed by atoms with Crippen LogP contribution in [0.2, 0.25) is 5.15 Å². The molecule has 1 aromatic heterocycles. The zero-order chi connectivity index (χ0) is 11.6. The second-order valence-corrected chi connectivity index (χ2v) is 3.88. The third-order valence-corrected chi connectivity index (χ3v) is 2.76. The summed E-state index contributed by atoms with van der Waals surface area (Å²) in [5, 5.41) is 12.6. The Morgan fingerprint density at radius 3 is 2.53 bits per heavy atom. The van der Waals surface area contributed by atoms with Gasteiger partial charge in [0.1, 0.15) is 0 Å². The lowest BCUT2D eigenvalue weighted by atomic mass is 10.2. The molecule has 0 saturated heterocycles. The predicted octanol–water partition coefficient (Wildman–Crippen LogP) is 1.25. The fourth-order valence-corrected chi connectivity index (χ4v) is 1.16. The molecule has 5 nitrogen and oxygen atoms in total. The average molecular weight is 246 g/mol. The van der Waals surface area contributed by atoms with E-state index < -0.39 is 0 Å². The first-order valence-electron chi connectivity index (χ1n) is 4.22. The van der Waals surface area contributed by atoms with Gasteiger partial charge in [-0.2, -0.15) is 0 Å². The van der Waals surface area contributed by atoms with Crippen LogP contribution < -0.4 is 11.2 Å². The standard InChI is InChI=1S/C8H12ClN5S/c1-4-5(2)7(13-12-6(4)9)11-8(15)14(3)10/h10H2,1-3H3,(H,11,13,15). The van der Waals surface area contributed by atoms with Gasteiger partial charge in [-0.3, -0.25) is 5.01 Å². The van der Waals surface area contributed by atoms with Crippen molar-refractivity contribution in [1.29, 1.82) is 0 Å². The Kier molecular flexibility index (Phi) is 3.78. The lowest BCUT2D eigenvalue weighted by Gasteiger charge is -2.16. The van der Waals surface area contributed by atoms with E-state index in [2.05, 4.69) is 15.5 Å². The highest BCUT2D eigenvalue weighted by molar-refractivity contribution is 7.80. The van der Waals surface area contributed by atoms with E-state index in [0.717, 1.165) is 11.1 Å². The Morgan fingerprint density at radius 2 is 2.00 bits per heavy atom. The molecule has 0 atom stereocenters. The van der Waals surface area contributed by atoms with Gasteiger partial charge in [0.2, 0.25) is 0 Å². The van der Waals surface area contributed by atoms with Crippen molar-refractivity contribution in [2.45, 2.75) is 13.8 Å². The van der Waals surface area contributed by atoms with E-state index in [-0.39, 0.29) is 0 Å². The minimum atomic E-state index is 0.370. The summed E-state index contributed by atoms with van der Waals surface area (Å²) in [7, 11) is 1.64. The van der Waals surface area contributed by atoms with Gasteiger partial charge in [0.25, 0.3) is 0 Å². The van der Waals surface area contributed by atoms with Crippen molar-refractivity contribution in [3.63, 3.8) is 0 Å². The summed E-state index contributed by atoms with van der Waals surface area (Å²) in [5.41, 5.74) is 1.77. The first-order chi connectivity index (χ1) is 6.93. The van der Waals surface area contributed by atoms with Crippen LogP contribution in [0, 0.1) is 13.8 Å². The highest BCUT2D eigenvalue weighted by atomic mass is 35.5. The van der Waals surface area contributed by atoms with Gasteiger partial charge in [-0.05, 0) is 37.2 Å². The number of halogens is 1. The van der Waals surface area contributed by atoms with Crippen molar-refractivity contribution < 1.29 is 0 Å². The molecular formula is C8H12ClN5S. The zero-order valence-corrected chi connectivity index (χ0v) is 10.3. The zero-order valence-electron chi connectivity index (χ0n) is 8.71. The highest BCUT2D eigenvalue weighted by Crippen LogP contribution is 2.20. The molecule has 1 aromatic rings. The molecule has 0 fully saturated rings. The van der Waals surface area contributed by atoms with Crippen LogP contribution >= 0.6 is 23.8 Å².